The van der Waals surface area contributed by atoms with Crippen LogP contribution < -0.4 is 16.6 Å². The molecule has 10 nitrogen and oxygen atoms in total. The van der Waals surface area contributed by atoms with E-state index in [9.17, 15) is 14.9 Å². The molecule has 0 unspecified atom stereocenters. The van der Waals surface area contributed by atoms with Gasteiger partial charge in [0.2, 0.25) is 0 Å². The summed E-state index contributed by atoms with van der Waals surface area (Å²) in [5, 5.41) is 17.4. The number of carbonyl (C=O) groups is 1. The van der Waals surface area contributed by atoms with Crippen LogP contribution in [-0.2, 0) is 13.6 Å². The third kappa shape index (κ3) is 3.30. The number of nitro groups is 1. The first-order valence-electron chi connectivity index (χ1n) is 5.89. The second-order valence-electron chi connectivity index (χ2n) is 4.15. The number of hydrazine groups is 1. The highest BCUT2D eigenvalue weighted by molar-refractivity contribution is 5.95. The molecule has 0 radical (unpaired) electrons. The molecule has 0 saturated carbocycles. The Kier molecular flexibility index (Phi) is 4.09. The van der Waals surface area contributed by atoms with E-state index in [1.165, 1.54) is 29.2 Å². The molecule has 4 N–H and O–H groups in total. The Balaban J connectivity index is 2.10. The lowest BCUT2D eigenvalue weighted by molar-refractivity contribution is -0.384. The summed E-state index contributed by atoms with van der Waals surface area (Å²) in [5.74, 6) is 5.27. The second-order valence-corrected chi connectivity index (χ2v) is 4.15. The molecule has 1 aromatic heterocycles. The van der Waals surface area contributed by atoms with Crippen molar-refractivity contribution in [1.29, 1.82) is 0 Å². The van der Waals surface area contributed by atoms with Gasteiger partial charge in [0.05, 0.1) is 11.5 Å². The van der Waals surface area contributed by atoms with Gasteiger partial charge in [0.15, 0.2) is 5.82 Å². The fourth-order valence-electron chi connectivity index (χ4n) is 1.68. The van der Waals surface area contributed by atoms with Crippen LogP contribution in [0.5, 0.6) is 0 Å². The van der Waals surface area contributed by atoms with Gasteiger partial charge in [-0.2, -0.15) is 5.10 Å². The minimum absolute atomic E-state index is 0.0589. The number of nitrogens with zero attached hydrogens (tertiary/aromatic N) is 4. The summed E-state index contributed by atoms with van der Waals surface area (Å²) < 4.78 is 1.52. The molecule has 0 spiro atoms. The fraction of sp³-hybridized carbons (Fsp3) is 0.182. The van der Waals surface area contributed by atoms with Gasteiger partial charge in [0.1, 0.15) is 12.0 Å². The van der Waals surface area contributed by atoms with Crippen molar-refractivity contribution >= 4 is 17.3 Å². The first-order chi connectivity index (χ1) is 10.0. The van der Waals surface area contributed by atoms with Crippen molar-refractivity contribution in [3.05, 3.63) is 46.0 Å². The molecular formula is C11H13N7O3. The maximum atomic E-state index is 12.0. The quantitative estimate of drug-likeness (QED) is 0.398. The average molecular weight is 291 g/mol. The van der Waals surface area contributed by atoms with Gasteiger partial charge in [-0.3, -0.25) is 25.4 Å². The Labute approximate surface area is 119 Å². The lowest BCUT2D eigenvalue weighted by atomic mass is 10.1. The van der Waals surface area contributed by atoms with Gasteiger partial charge in [-0.25, -0.2) is 4.98 Å². The Morgan fingerprint density at radius 3 is 2.86 bits per heavy atom. The number of nitro benzene ring substituents is 1. The third-order valence-electron chi connectivity index (χ3n) is 2.67. The zero-order valence-corrected chi connectivity index (χ0v) is 11.1. The van der Waals surface area contributed by atoms with Gasteiger partial charge >= 0.3 is 0 Å². The number of anilines is 1. The summed E-state index contributed by atoms with van der Waals surface area (Å²) in [6.45, 7) is 0.155. The highest BCUT2D eigenvalue weighted by Crippen LogP contribution is 2.24. The largest absolute Gasteiger partial charge is 0.345 e. The number of hydrogen-bond donors (Lipinski definition) is 3. The standard InChI is InChI=1S/C11H13N7O3/c1-17-6-14-10(16-17)5-13-11(19)7-2-3-9(18(20)21)8(4-7)15-12/h2-4,6,15H,5,12H2,1H3,(H,13,19). The van der Waals surface area contributed by atoms with Gasteiger partial charge in [-0.1, -0.05) is 0 Å². The molecule has 2 rings (SSSR count). The minimum Gasteiger partial charge on any atom is -0.345 e. The van der Waals surface area contributed by atoms with Crippen LogP contribution in [0, 0.1) is 10.1 Å². The van der Waals surface area contributed by atoms with E-state index in [0.29, 0.717) is 5.82 Å². The molecule has 1 aromatic carbocycles. The van der Waals surface area contributed by atoms with Crippen LogP contribution in [-0.4, -0.2) is 25.6 Å². The number of amides is 1. The number of benzene rings is 1. The third-order valence-corrected chi connectivity index (χ3v) is 2.67. The van der Waals surface area contributed by atoms with E-state index in [1.807, 2.05) is 0 Å². The van der Waals surface area contributed by atoms with Crippen LogP contribution in [0.1, 0.15) is 16.2 Å². The summed E-state index contributed by atoms with van der Waals surface area (Å²) in [4.78, 5) is 26.1. The number of rotatable bonds is 5. The van der Waals surface area contributed by atoms with Gasteiger partial charge < -0.3 is 10.7 Å². The maximum Gasteiger partial charge on any atom is 0.293 e. The van der Waals surface area contributed by atoms with Crippen molar-refractivity contribution in [1.82, 2.24) is 20.1 Å². The minimum atomic E-state index is -0.589. The monoisotopic (exact) mass is 291 g/mol. The Hall–Kier alpha value is -3.01. The maximum absolute atomic E-state index is 12.0. The van der Waals surface area contributed by atoms with Gasteiger partial charge in [-0.15, -0.1) is 0 Å². The van der Waals surface area contributed by atoms with E-state index in [0.717, 1.165) is 0 Å². The van der Waals surface area contributed by atoms with Crippen LogP contribution in [0.2, 0.25) is 0 Å². The molecule has 0 bridgehead atoms. The van der Waals surface area contributed by atoms with Crippen molar-refractivity contribution in [2.45, 2.75) is 6.54 Å². The number of hydrogen-bond acceptors (Lipinski definition) is 7. The molecule has 1 amide bonds. The number of nitrogens with one attached hydrogen (secondary N) is 2. The van der Waals surface area contributed by atoms with E-state index < -0.39 is 10.8 Å². The molecule has 0 fully saturated rings. The zero-order chi connectivity index (χ0) is 15.4. The molecule has 110 valence electrons. The predicted molar refractivity (Wildman–Crippen MR) is 73.1 cm³/mol. The summed E-state index contributed by atoms with van der Waals surface area (Å²) in [6, 6.07) is 3.86. The number of aromatic nitrogens is 3. The highest BCUT2D eigenvalue weighted by Gasteiger charge is 2.16. The van der Waals surface area contributed by atoms with Gasteiger partial charge in [0, 0.05) is 18.7 Å². The summed E-state index contributed by atoms with van der Waals surface area (Å²) in [7, 11) is 1.72. The van der Waals surface area contributed by atoms with Crippen LogP contribution >= 0.6 is 0 Å². The topological polar surface area (TPSA) is 141 Å². The predicted octanol–water partition coefficient (Wildman–Crippen LogP) is -0.0611. The molecule has 0 aliphatic carbocycles. The fourth-order valence-corrected chi connectivity index (χ4v) is 1.68. The molecular weight excluding hydrogens is 278 g/mol. The van der Waals surface area contributed by atoms with E-state index in [4.69, 9.17) is 5.84 Å². The first kappa shape index (κ1) is 14.4. The summed E-state index contributed by atoms with van der Waals surface area (Å²) in [6.07, 6.45) is 1.52. The normalized spacial score (nSPS) is 10.2. The average Bonchev–Trinajstić information content (AvgIpc) is 2.89. The van der Waals surface area contributed by atoms with Gasteiger partial charge in [-0.05, 0) is 12.1 Å². The Morgan fingerprint density at radius 2 is 2.29 bits per heavy atom. The van der Waals surface area contributed by atoms with E-state index in [-0.39, 0.29) is 23.5 Å². The molecule has 0 aliphatic rings. The molecule has 0 atom stereocenters. The number of aryl methyl sites for hydroxylation is 1. The van der Waals surface area contributed by atoms with Crippen LogP contribution in [0.4, 0.5) is 11.4 Å². The smallest absolute Gasteiger partial charge is 0.293 e. The molecule has 21 heavy (non-hydrogen) atoms. The Bertz CT molecular complexity index is 682. The van der Waals surface area contributed by atoms with E-state index in [2.05, 4.69) is 20.8 Å². The van der Waals surface area contributed by atoms with Crippen molar-refractivity contribution in [2.75, 3.05) is 5.43 Å². The number of carbonyl (C=O) groups excluding carboxylic acids is 1. The van der Waals surface area contributed by atoms with Crippen molar-refractivity contribution in [3.63, 3.8) is 0 Å². The molecule has 0 aliphatic heterocycles. The molecule has 10 heteroatoms. The SMILES string of the molecule is Cn1cnc(CNC(=O)c2ccc([N+](=O)[O-])c(NN)c2)n1. The number of nitrogens with two attached hydrogens (primary N) is 1. The molecule has 0 saturated heterocycles. The molecule has 1 heterocycles. The van der Waals surface area contributed by atoms with Crippen molar-refractivity contribution in [2.24, 2.45) is 12.9 Å². The first-order valence-corrected chi connectivity index (χ1v) is 5.89. The lowest BCUT2D eigenvalue weighted by Crippen LogP contribution is -2.24. The van der Waals surface area contributed by atoms with Crippen molar-refractivity contribution in [3.8, 4) is 0 Å². The van der Waals surface area contributed by atoms with Crippen LogP contribution in [0.15, 0.2) is 24.5 Å². The summed E-state index contributed by atoms with van der Waals surface area (Å²) >= 11 is 0. The Morgan fingerprint density at radius 1 is 1.52 bits per heavy atom. The van der Waals surface area contributed by atoms with Crippen LogP contribution in [0.25, 0.3) is 0 Å². The molecule has 2 aromatic rings. The zero-order valence-electron chi connectivity index (χ0n) is 11.1. The van der Waals surface area contributed by atoms with Crippen molar-refractivity contribution < 1.29 is 9.72 Å². The van der Waals surface area contributed by atoms with Crippen LogP contribution in [0.3, 0.4) is 0 Å². The highest BCUT2D eigenvalue weighted by atomic mass is 16.6. The second kappa shape index (κ2) is 5.96. The van der Waals surface area contributed by atoms with E-state index >= 15 is 0 Å². The lowest BCUT2D eigenvalue weighted by Gasteiger charge is -2.06. The summed E-state index contributed by atoms with van der Waals surface area (Å²) in [5.41, 5.74) is 2.29. The van der Waals surface area contributed by atoms with Gasteiger partial charge in [0.25, 0.3) is 11.6 Å². The number of nitrogen functional groups attached to an aromatic ring is 1. The van der Waals surface area contributed by atoms with E-state index in [1.54, 1.807) is 7.05 Å².